The molecule has 0 fully saturated rings. The molecule has 0 radical (unpaired) electrons. The van der Waals surface area contributed by atoms with Gasteiger partial charge < -0.3 is 5.11 Å². The van der Waals surface area contributed by atoms with Gasteiger partial charge in [-0.05, 0) is 48.9 Å². The number of halogens is 3. The van der Waals surface area contributed by atoms with E-state index in [1.54, 1.807) is 31.2 Å². The van der Waals surface area contributed by atoms with Crippen LogP contribution in [-0.2, 0) is 0 Å². The molecule has 0 aliphatic carbocycles. The molecule has 5 heteroatoms. The van der Waals surface area contributed by atoms with Gasteiger partial charge in [0, 0.05) is 14.8 Å². The minimum absolute atomic E-state index is 0.377. The van der Waals surface area contributed by atoms with Gasteiger partial charge in [0.05, 0.1) is 11.1 Å². The first-order valence-electron chi connectivity index (χ1n) is 5.58. The van der Waals surface area contributed by atoms with Crippen LogP contribution in [0, 0.1) is 5.82 Å². The summed E-state index contributed by atoms with van der Waals surface area (Å²) < 4.78 is 13.2. The van der Waals surface area contributed by atoms with Crippen molar-refractivity contribution in [3.05, 3.63) is 57.8 Å². The summed E-state index contributed by atoms with van der Waals surface area (Å²) in [7, 11) is 0. The van der Waals surface area contributed by atoms with Crippen molar-refractivity contribution in [1.29, 1.82) is 0 Å². The molecule has 2 rings (SSSR count). The topological polar surface area (TPSA) is 20.2 Å². The van der Waals surface area contributed by atoms with Crippen LogP contribution in [0.5, 0.6) is 0 Å². The van der Waals surface area contributed by atoms with Crippen molar-refractivity contribution < 1.29 is 9.50 Å². The molecule has 2 aromatic carbocycles. The van der Waals surface area contributed by atoms with E-state index in [2.05, 4.69) is 0 Å². The highest BCUT2D eigenvalue weighted by atomic mass is 35.5. The van der Waals surface area contributed by atoms with Crippen molar-refractivity contribution in [1.82, 2.24) is 0 Å². The minimum atomic E-state index is -0.754. The quantitative estimate of drug-likeness (QED) is 0.825. The molecule has 1 atom stereocenters. The van der Waals surface area contributed by atoms with Crippen molar-refractivity contribution in [2.24, 2.45) is 0 Å². The third kappa shape index (κ3) is 3.63. The lowest BCUT2D eigenvalue weighted by Gasteiger charge is -2.12. The molecule has 0 bridgehead atoms. The third-order valence-electron chi connectivity index (χ3n) is 2.54. The van der Waals surface area contributed by atoms with E-state index in [0.717, 1.165) is 9.79 Å². The van der Waals surface area contributed by atoms with E-state index in [1.165, 1.54) is 23.9 Å². The molecule has 0 saturated carbocycles. The van der Waals surface area contributed by atoms with Gasteiger partial charge >= 0.3 is 0 Å². The van der Waals surface area contributed by atoms with E-state index in [4.69, 9.17) is 23.2 Å². The molecule has 0 aromatic heterocycles. The molecule has 2 aromatic rings. The van der Waals surface area contributed by atoms with E-state index in [9.17, 15) is 9.50 Å². The molecular weight excluding hydrogens is 306 g/mol. The zero-order valence-electron chi connectivity index (χ0n) is 10.0. The van der Waals surface area contributed by atoms with Crippen LogP contribution in [0.4, 0.5) is 4.39 Å². The second-order valence-corrected chi connectivity index (χ2v) is 5.96. The monoisotopic (exact) mass is 316 g/mol. The van der Waals surface area contributed by atoms with Gasteiger partial charge in [-0.25, -0.2) is 4.39 Å². The van der Waals surface area contributed by atoms with E-state index < -0.39 is 6.10 Å². The summed E-state index contributed by atoms with van der Waals surface area (Å²) >= 11 is 13.4. The number of hydrogen-bond donors (Lipinski definition) is 1. The molecule has 0 aliphatic rings. The molecule has 0 amide bonds. The normalized spacial score (nSPS) is 12.5. The van der Waals surface area contributed by atoms with Gasteiger partial charge in [-0.1, -0.05) is 35.0 Å². The molecule has 0 spiro atoms. The number of rotatable bonds is 3. The Morgan fingerprint density at radius 2 is 1.84 bits per heavy atom. The van der Waals surface area contributed by atoms with Crippen LogP contribution in [0.15, 0.2) is 46.2 Å². The fourth-order valence-electron chi connectivity index (χ4n) is 1.61. The number of aliphatic hydroxyl groups is 1. The lowest BCUT2D eigenvalue weighted by atomic mass is 10.1. The van der Waals surface area contributed by atoms with Gasteiger partial charge in [0.15, 0.2) is 0 Å². The van der Waals surface area contributed by atoms with E-state index in [0.29, 0.717) is 15.6 Å². The average molecular weight is 317 g/mol. The summed E-state index contributed by atoms with van der Waals surface area (Å²) in [5.74, 6) is -0.377. The molecule has 0 saturated heterocycles. The van der Waals surface area contributed by atoms with Crippen molar-refractivity contribution in [3.63, 3.8) is 0 Å². The molecule has 1 N–H and O–H groups in total. The van der Waals surface area contributed by atoms with E-state index in [1.807, 2.05) is 0 Å². The highest BCUT2D eigenvalue weighted by Crippen LogP contribution is 2.38. The first-order chi connectivity index (χ1) is 8.97. The Balaban J connectivity index is 2.40. The summed E-state index contributed by atoms with van der Waals surface area (Å²) in [5.41, 5.74) is 0.529. The van der Waals surface area contributed by atoms with Gasteiger partial charge in [0.2, 0.25) is 0 Å². The van der Waals surface area contributed by atoms with Crippen LogP contribution < -0.4 is 0 Å². The highest BCUT2D eigenvalue weighted by molar-refractivity contribution is 7.99. The second kappa shape index (κ2) is 6.14. The standard InChI is InChI=1S/C14H11Cl2FOS/c1-8(18)11-7-10(17)3-5-13(11)19-14-6-9(15)2-4-12(14)16/h2-8,18H,1H3/t8-/m0/s1. The van der Waals surface area contributed by atoms with Gasteiger partial charge in [-0.15, -0.1) is 0 Å². The molecular formula is C14H11Cl2FOS. The third-order valence-corrected chi connectivity index (χ3v) is 4.36. The Hall–Kier alpha value is -0.740. The van der Waals surface area contributed by atoms with Gasteiger partial charge in [0.1, 0.15) is 5.82 Å². The first kappa shape index (κ1) is 14.7. The second-order valence-electron chi connectivity index (χ2n) is 4.03. The maximum atomic E-state index is 13.2. The van der Waals surface area contributed by atoms with Crippen LogP contribution in [0.3, 0.4) is 0 Å². The Labute approximate surface area is 125 Å². The van der Waals surface area contributed by atoms with Gasteiger partial charge in [-0.3, -0.25) is 0 Å². The summed E-state index contributed by atoms with van der Waals surface area (Å²) in [5, 5.41) is 10.8. The van der Waals surface area contributed by atoms with Crippen molar-refractivity contribution in [2.75, 3.05) is 0 Å². The largest absolute Gasteiger partial charge is 0.389 e. The summed E-state index contributed by atoms with van der Waals surface area (Å²) in [6, 6.07) is 9.45. The molecule has 0 unspecified atom stereocenters. The number of hydrogen-bond acceptors (Lipinski definition) is 2. The summed E-state index contributed by atoms with van der Waals surface area (Å²) in [4.78, 5) is 1.52. The maximum Gasteiger partial charge on any atom is 0.123 e. The fraction of sp³-hybridized carbons (Fsp3) is 0.143. The van der Waals surface area contributed by atoms with Gasteiger partial charge in [0.25, 0.3) is 0 Å². The van der Waals surface area contributed by atoms with Crippen LogP contribution in [0.1, 0.15) is 18.6 Å². The van der Waals surface area contributed by atoms with Crippen molar-refractivity contribution >= 4 is 35.0 Å². The summed E-state index contributed by atoms with van der Waals surface area (Å²) in [6.45, 7) is 1.60. The van der Waals surface area contributed by atoms with Crippen molar-refractivity contribution in [2.45, 2.75) is 22.8 Å². The van der Waals surface area contributed by atoms with Crippen LogP contribution in [-0.4, -0.2) is 5.11 Å². The van der Waals surface area contributed by atoms with Crippen LogP contribution >= 0.6 is 35.0 Å². The van der Waals surface area contributed by atoms with E-state index in [-0.39, 0.29) is 5.82 Å². The molecule has 1 nitrogen and oxygen atoms in total. The molecule has 19 heavy (non-hydrogen) atoms. The Bertz CT molecular complexity index is 602. The smallest absolute Gasteiger partial charge is 0.123 e. The zero-order valence-corrected chi connectivity index (χ0v) is 12.4. The first-order valence-corrected chi connectivity index (χ1v) is 7.15. The molecule has 100 valence electrons. The maximum absolute atomic E-state index is 13.2. The summed E-state index contributed by atoms with van der Waals surface area (Å²) in [6.07, 6.45) is -0.754. The SMILES string of the molecule is C[C@H](O)c1cc(F)ccc1Sc1cc(Cl)ccc1Cl. The lowest BCUT2D eigenvalue weighted by molar-refractivity contribution is 0.196. The molecule has 0 aliphatic heterocycles. The molecule has 0 heterocycles. The zero-order chi connectivity index (χ0) is 14.0. The number of benzene rings is 2. The fourth-order valence-corrected chi connectivity index (χ4v) is 3.15. The lowest BCUT2D eigenvalue weighted by Crippen LogP contribution is -1.95. The predicted molar refractivity (Wildman–Crippen MR) is 77.6 cm³/mol. The van der Waals surface area contributed by atoms with Crippen LogP contribution in [0.25, 0.3) is 0 Å². The van der Waals surface area contributed by atoms with E-state index >= 15 is 0 Å². The predicted octanol–water partition coefficient (Wildman–Crippen LogP) is 5.34. The van der Waals surface area contributed by atoms with Crippen molar-refractivity contribution in [3.8, 4) is 0 Å². The Morgan fingerprint density at radius 3 is 2.53 bits per heavy atom. The van der Waals surface area contributed by atoms with Gasteiger partial charge in [-0.2, -0.15) is 0 Å². The minimum Gasteiger partial charge on any atom is -0.389 e. The Morgan fingerprint density at radius 1 is 1.11 bits per heavy atom. The Kier molecular flexibility index (Phi) is 4.74. The highest BCUT2D eigenvalue weighted by Gasteiger charge is 2.12. The van der Waals surface area contributed by atoms with Crippen LogP contribution in [0.2, 0.25) is 10.0 Å². The average Bonchev–Trinajstić information content (AvgIpc) is 2.35. The number of aliphatic hydroxyl groups excluding tert-OH is 1.